The summed E-state index contributed by atoms with van der Waals surface area (Å²) in [6.07, 6.45) is 1.94. The highest BCUT2D eigenvalue weighted by Crippen LogP contribution is 2.34. The lowest BCUT2D eigenvalue weighted by molar-refractivity contribution is 0.0527. The predicted octanol–water partition coefficient (Wildman–Crippen LogP) is 5.48. The highest BCUT2D eigenvalue weighted by molar-refractivity contribution is 7.19. The Morgan fingerprint density at radius 2 is 1.87 bits per heavy atom. The van der Waals surface area contributed by atoms with Crippen LogP contribution in [0.4, 0.5) is 5.00 Å². The summed E-state index contributed by atoms with van der Waals surface area (Å²) in [6.45, 7) is 7.73. The van der Waals surface area contributed by atoms with Crippen molar-refractivity contribution in [2.75, 3.05) is 11.9 Å². The number of thiophene rings is 1. The molecule has 1 N–H and O–H groups in total. The number of nitrogens with one attached hydrogen (secondary N) is 1. The van der Waals surface area contributed by atoms with E-state index in [-0.39, 0.29) is 12.5 Å². The van der Waals surface area contributed by atoms with E-state index in [2.05, 4.69) is 10.3 Å². The van der Waals surface area contributed by atoms with Crippen molar-refractivity contribution in [2.45, 2.75) is 27.7 Å². The van der Waals surface area contributed by atoms with Gasteiger partial charge in [-0.25, -0.2) is 9.78 Å². The second-order valence-electron chi connectivity index (χ2n) is 6.82. The van der Waals surface area contributed by atoms with E-state index >= 15 is 0 Å². The molecule has 4 aromatic rings. The molecule has 0 radical (unpaired) electrons. The summed E-state index contributed by atoms with van der Waals surface area (Å²) in [4.78, 5) is 32.4. The number of nitrogens with zero attached hydrogens (tertiary/aromatic N) is 2. The Kier molecular flexibility index (Phi) is 5.44. The third kappa shape index (κ3) is 3.53. The number of amides is 1. The molecule has 0 saturated carbocycles. The number of imidazole rings is 1. The summed E-state index contributed by atoms with van der Waals surface area (Å²) < 4.78 is 7.10. The van der Waals surface area contributed by atoms with Crippen LogP contribution in [0, 0.1) is 20.8 Å². The number of carbonyl (C=O) groups is 2. The second kappa shape index (κ2) is 8.04. The predicted molar refractivity (Wildman–Crippen MR) is 121 cm³/mol. The van der Waals surface area contributed by atoms with E-state index in [4.69, 9.17) is 4.74 Å². The van der Waals surface area contributed by atoms with Gasteiger partial charge in [-0.3, -0.25) is 9.20 Å². The SMILES string of the molecule is CCOC(=O)c1c(NC(=O)c2sc3nc(-c4ccccc4)cn3c2C)sc(C)c1C. The highest BCUT2D eigenvalue weighted by atomic mass is 32.1. The van der Waals surface area contributed by atoms with Crippen LogP contribution in [0.5, 0.6) is 0 Å². The van der Waals surface area contributed by atoms with Gasteiger partial charge in [-0.15, -0.1) is 11.3 Å². The molecule has 0 aliphatic rings. The van der Waals surface area contributed by atoms with Gasteiger partial charge in [0.25, 0.3) is 5.91 Å². The lowest BCUT2D eigenvalue weighted by atomic mass is 10.1. The summed E-state index contributed by atoms with van der Waals surface area (Å²) in [5, 5.41) is 3.43. The number of esters is 1. The van der Waals surface area contributed by atoms with Crippen LogP contribution in [-0.4, -0.2) is 27.9 Å². The maximum atomic E-state index is 13.0. The molecule has 3 aromatic heterocycles. The van der Waals surface area contributed by atoms with Gasteiger partial charge < -0.3 is 10.1 Å². The quantitative estimate of drug-likeness (QED) is 0.418. The van der Waals surface area contributed by atoms with E-state index < -0.39 is 5.97 Å². The topological polar surface area (TPSA) is 72.7 Å². The first kappa shape index (κ1) is 20.3. The molecule has 0 atom stereocenters. The van der Waals surface area contributed by atoms with Gasteiger partial charge in [0.15, 0.2) is 4.96 Å². The first-order chi connectivity index (χ1) is 14.4. The largest absolute Gasteiger partial charge is 0.462 e. The average Bonchev–Trinajstić information content (AvgIpc) is 3.36. The molecule has 1 amide bonds. The van der Waals surface area contributed by atoms with Gasteiger partial charge in [0.1, 0.15) is 9.88 Å². The van der Waals surface area contributed by atoms with Gasteiger partial charge in [-0.1, -0.05) is 41.7 Å². The molecule has 30 heavy (non-hydrogen) atoms. The lowest BCUT2D eigenvalue weighted by Gasteiger charge is -2.07. The number of hydrogen-bond acceptors (Lipinski definition) is 6. The fraction of sp³-hybridized carbons (Fsp3) is 0.227. The minimum Gasteiger partial charge on any atom is -0.462 e. The maximum absolute atomic E-state index is 13.0. The van der Waals surface area contributed by atoms with Crippen LogP contribution in [0.3, 0.4) is 0 Å². The Labute approximate surface area is 182 Å². The first-order valence-corrected chi connectivity index (χ1v) is 11.2. The van der Waals surface area contributed by atoms with Gasteiger partial charge >= 0.3 is 5.97 Å². The van der Waals surface area contributed by atoms with Crippen LogP contribution in [-0.2, 0) is 4.74 Å². The number of aromatic nitrogens is 2. The molecule has 0 fully saturated rings. The number of thiazole rings is 1. The summed E-state index contributed by atoms with van der Waals surface area (Å²) in [5.74, 6) is -0.670. The summed E-state index contributed by atoms with van der Waals surface area (Å²) in [6, 6.07) is 9.93. The minimum absolute atomic E-state index is 0.254. The van der Waals surface area contributed by atoms with Crippen LogP contribution < -0.4 is 5.32 Å². The average molecular weight is 440 g/mol. The van der Waals surface area contributed by atoms with E-state index in [0.717, 1.165) is 32.4 Å². The number of anilines is 1. The van der Waals surface area contributed by atoms with Gasteiger partial charge in [0, 0.05) is 22.3 Å². The number of benzene rings is 1. The molecule has 3 heterocycles. The molecule has 6 nitrogen and oxygen atoms in total. The molecule has 0 aliphatic carbocycles. The molecule has 0 spiro atoms. The van der Waals surface area contributed by atoms with Crippen molar-refractivity contribution in [1.29, 1.82) is 0 Å². The number of ether oxygens (including phenoxy) is 1. The Bertz CT molecular complexity index is 1250. The van der Waals surface area contributed by atoms with Gasteiger partial charge in [-0.2, -0.15) is 0 Å². The molecule has 0 saturated heterocycles. The third-order valence-electron chi connectivity index (χ3n) is 4.92. The summed E-state index contributed by atoms with van der Waals surface area (Å²) >= 11 is 2.71. The standard InChI is InChI=1S/C22H21N3O3S2/c1-5-28-21(27)17-12(2)14(4)29-20(17)24-19(26)18-13(3)25-11-16(23-22(25)30-18)15-9-7-6-8-10-15/h6-11H,5H2,1-4H3,(H,24,26). The van der Waals surface area contributed by atoms with Gasteiger partial charge in [0.2, 0.25) is 0 Å². The van der Waals surface area contributed by atoms with Crippen molar-refractivity contribution in [3.8, 4) is 11.3 Å². The van der Waals surface area contributed by atoms with E-state index in [1.54, 1.807) is 6.92 Å². The molecule has 0 aliphatic heterocycles. The number of aryl methyl sites for hydroxylation is 2. The van der Waals surface area contributed by atoms with E-state index in [1.165, 1.54) is 22.7 Å². The molecular weight excluding hydrogens is 418 g/mol. The second-order valence-corrected chi connectivity index (χ2v) is 9.03. The van der Waals surface area contributed by atoms with Crippen LogP contribution in [0.1, 0.15) is 43.1 Å². The van der Waals surface area contributed by atoms with E-state index in [1.807, 2.05) is 61.7 Å². The Morgan fingerprint density at radius 1 is 1.13 bits per heavy atom. The lowest BCUT2D eigenvalue weighted by Crippen LogP contribution is -2.15. The maximum Gasteiger partial charge on any atom is 0.341 e. The van der Waals surface area contributed by atoms with E-state index in [0.29, 0.717) is 15.4 Å². The van der Waals surface area contributed by atoms with Crippen molar-refractivity contribution in [3.05, 3.63) is 63.1 Å². The van der Waals surface area contributed by atoms with Crippen LogP contribution in [0.25, 0.3) is 16.2 Å². The Hall–Kier alpha value is -2.97. The molecule has 154 valence electrons. The zero-order chi connectivity index (χ0) is 21.4. The Balaban J connectivity index is 1.65. The number of rotatable bonds is 5. The van der Waals surface area contributed by atoms with E-state index in [9.17, 15) is 9.59 Å². The number of fused-ring (bicyclic) bond motifs is 1. The third-order valence-corrected chi connectivity index (χ3v) is 7.20. The molecule has 0 unspecified atom stereocenters. The molecular formula is C22H21N3O3S2. The molecule has 4 rings (SSSR count). The van der Waals surface area contributed by atoms with Crippen molar-refractivity contribution in [2.24, 2.45) is 0 Å². The van der Waals surface area contributed by atoms with Crippen molar-refractivity contribution < 1.29 is 14.3 Å². The van der Waals surface area contributed by atoms with Crippen molar-refractivity contribution in [1.82, 2.24) is 9.38 Å². The highest BCUT2D eigenvalue weighted by Gasteiger charge is 2.24. The smallest absolute Gasteiger partial charge is 0.341 e. The zero-order valence-electron chi connectivity index (χ0n) is 17.1. The zero-order valence-corrected chi connectivity index (χ0v) is 18.7. The number of hydrogen-bond donors (Lipinski definition) is 1. The van der Waals surface area contributed by atoms with Gasteiger partial charge in [-0.05, 0) is 33.3 Å². The van der Waals surface area contributed by atoms with Gasteiger partial charge in [0.05, 0.1) is 17.9 Å². The fourth-order valence-electron chi connectivity index (χ4n) is 3.23. The summed E-state index contributed by atoms with van der Waals surface area (Å²) in [5.41, 5.74) is 3.97. The monoisotopic (exact) mass is 439 g/mol. The normalized spacial score (nSPS) is 11.1. The molecule has 0 bridgehead atoms. The van der Waals surface area contributed by atoms with Crippen LogP contribution >= 0.6 is 22.7 Å². The molecule has 1 aromatic carbocycles. The fourth-order valence-corrected chi connectivity index (χ4v) is 5.28. The number of carbonyl (C=O) groups excluding carboxylic acids is 2. The Morgan fingerprint density at radius 3 is 2.53 bits per heavy atom. The van der Waals surface area contributed by atoms with Crippen LogP contribution in [0.2, 0.25) is 0 Å². The van der Waals surface area contributed by atoms with Crippen LogP contribution in [0.15, 0.2) is 36.5 Å². The van der Waals surface area contributed by atoms with Crippen molar-refractivity contribution in [3.63, 3.8) is 0 Å². The minimum atomic E-state index is -0.417. The van der Waals surface area contributed by atoms with Crippen molar-refractivity contribution >= 4 is 44.5 Å². The molecule has 8 heteroatoms. The first-order valence-electron chi connectivity index (χ1n) is 9.53. The summed E-state index contributed by atoms with van der Waals surface area (Å²) in [7, 11) is 0.